The molecule has 7 heteroatoms. The molecule has 0 amide bonds. The number of esters is 1. The third-order valence-electron chi connectivity index (χ3n) is 1.63. The molecule has 0 fully saturated rings. The van der Waals surface area contributed by atoms with E-state index >= 15 is 0 Å². The number of carbonyl (C=O) groups excluding carboxylic acids is 1. The van der Waals surface area contributed by atoms with Crippen LogP contribution in [0.15, 0.2) is 27.6 Å². The molecule has 0 aliphatic heterocycles. The number of methoxy groups -OCH3 is 1. The summed E-state index contributed by atoms with van der Waals surface area (Å²) in [4.78, 5) is 11.1. The van der Waals surface area contributed by atoms with Crippen molar-refractivity contribution in [2.24, 2.45) is 0 Å². The molecule has 1 aromatic carbocycles. The van der Waals surface area contributed by atoms with E-state index in [9.17, 15) is 13.2 Å². The van der Waals surface area contributed by atoms with Gasteiger partial charge < -0.3 is 4.74 Å². The number of ether oxygens (including phenoxy) is 1. The molecule has 0 saturated carbocycles. The molecular weight excluding hydrogens is 308 g/mol. The Morgan fingerprint density at radius 3 is 2.47 bits per heavy atom. The Kier molecular flexibility index (Phi) is 3.75. The van der Waals surface area contributed by atoms with Gasteiger partial charge in [-0.05, 0) is 34.1 Å². The van der Waals surface area contributed by atoms with Crippen LogP contribution in [0.2, 0.25) is 0 Å². The van der Waals surface area contributed by atoms with E-state index in [0.29, 0.717) is 4.47 Å². The van der Waals surface area contributed by atoms with Crippen LogP contribution in [0.4, 0.5) is 0 Å². The van der Waals surface area contributed by atoms with Crippen molar-refractivity contribution in [3.05, 3.63) is 28.2 Å². The molecule has 1 rings (SSSR count). The smallest absolute Gasteiger partial charge is 0.339 e. The number of rotatable bonds is 2. The molecule has 1 aromatic rings. The summed E-state index contributed by atoms with van der Waals surface area (Å²) in [6.07, 6.45) is 0. The van der Waals surface area contributed by atoms with Crippen molar-refractivity contribution in [3.63, 3.8) is 0 Å². The molecule has 0 saturated heterocycles. The molecule has 4 nitrogen and oxygen atoms in total. The lowest BCUT2D eigenvalue weighted by Gasteiger charge is -2.03. The normalized spacial score (nSPS) is 11.1. The first-order valence-corrected chi connectivity index (χ1v) is 6.79. The van der Waals surface area contributed by atoms with E-state index in [-0.39, 0.29) is 10.5 Å². The summed E-state index contributed by atoms with van der Waals surface area (Å²) >= 11 is 3.06. The van der Waals surface area contributed by atoms with E-state index in [1.54, 1.807) is 0 Å². The zero-order chi connectivity index (χ0) is 11.6. The van der Waals surface area contributed by atoms with Crippen LogP contribution in [0.5, 0.6) is 0 Å². The second-order valence-corrected chi connectivity index (χ2v) is 5.99. The average molecular weight is 314 g/mol. The highest BCUT2D eigenvalue weighted by Gasteiger charge is 2.15. The van der Waals surface area contributed by atoms with Crippen molar-refractivity contribution in [2.45, 2.75) is 4.90 Å². The van der Waals surface area contributed by atoms with Crippen LogP contribution in [-0.2, 0) is 13.8 Å². The Labute approximate surface area is 99.7 Å². The lowest BCUT2D eigenvalue weighted by Crippen LogP contribution is -2.03. The molecule has 0 atom stereocenters. The first-order valence-electron chi connectivity index (χ1n) is 3.69. The highest BCUT2D eigenvalue weighted by Crippen LogP contribution is 2.24. The van der Waals surface area contributed by atoms with Gasteiger partial charge in [0.25, 0.3) is 9.05 Å². The van der Waals surface area contributed by atoms with Crippen LogP contribution in [0, 0.1) is 0 Å². The van der Waals surface area contributed by atoms with Gasteiger partial charge in [0.2, 0.25) is 0 Å². The van der Waals surface area contributed by atoms with Gasteiger partial charge in [-0.2, -0.15) is 0 Å². The predicted molar refractivity (Wildman–Crippen MR) is 58.5 cm³/mol. The Hall–Kier alpha value is -0.590. The van der Waals surface area contributed by atoms with E-state index in [1.165, 1.54) is 25.3 Å². The summed E-state index contributed by atoms with van der Waals surface area (Å²) in [5.41, 5.74) is 0.238. The lowest BCUT2D eigenvalue weighted by molar-refractivity contribution is 0.0599. The van der Waals surface area contributed by atoms with E-state index in [0.717, 1.165) is 0 Å². The predicted octanol–water partition coefficient (Wildman–Crippen LogP) is 2.16. The van der Waals surface area contributed by atoms with Crippen molar-refractivity contribution < 1.29 is 17.9 Å². The standard InChI is InChI=1S/C8H6BrClO4S/c1-14-8(11)6-3-2-5(4-7(6)9)15(10,12)13/h2-4H,1H3. The summed E-state index contributed by atoms with van der Waals surface area (Å²) in [5, 5.41) is 0. The maximum absolute atomic E-state index is 11.2. The van der Waals surface area contributed by atoms with Gasteiger partial charge in [-0.3, -0.25) is 0 Å². The molecule has 0 spiro atoms. The number of halogens is 2. The second-order valence-electron chi connectivity index (χ2n) is 2.57. The minimum absolute atomic E-state index is 0.0799. The number of benzene rings is 1. The number of hydrogen-bond donors (Lipinski definition) is 0. The summed E-state index contributed by atoms with van der Waals surface area (Å²) < 4.78 is 26.7. The molecule has 0 bridgehead atoms. The van der Waals surface area contributed by atoms with Gasteiger partial charge in [-0.15, -0.1) is 0 Å². The summed E-state index contributed by atoms with van der Waals surface area (Å²) in [6, 6.07) is 3.80. The number of hydrogen-bond acceptors (Lipinski definition) is 4. The molecule has 0 aromatic heterocycles. The molecule has 0 radical (unpaired) electrons. The van der Waals surface area contributed by atoms with Gasteiger partial charge in [-0.25, -0.2) is 13.2 Å². The van der Waals surface area contributed by atoms with Crippen molar-refractivity contribution >= 4 is 41.6 Å². The molecule has 15 heavy (non-hydrogen) atoms. The molecule has 0 unspecified atom stereocenters. The fraction of sp³-hybridized carbons (Fsp3) is 0.125. The first-order chi connectivity index (χ1) is 6.86. The van der Waals surface area contributed by atoms with Crippen LogP contribution < -0.4 is 0 Å². The average Bonchev–Trinajstić information content (AvgIpc) is 2.15. The van der Waals surface area contributed by atoms with Crippen molar-refractivity contribution in [1.82, 2.24) is 0 Å². The topological polar surface area (TPSA) is 60.4 Å². The van der Waals surface area contributed by atoms with Gasteiger partial charge in [0.15, 0.2) is 0 Å². The van der Waals surface area contributed by atoms with E-state index in [2.05, 4.69) is 20.7 Å². The van der Waals surface area contributed by atoms with Gasteiger partial charge >= 0.3 is 5.97 Å². The van der Waals surface area contributed by atoms with E-state index < -0.39 is 15.0 Å². The van der Waals surface area contributed by atoms with Crippen molar-refractivity contribution in [3.8, 4) is 0 Å². The third-order valence-corrected chi connectivity index (χ3v) is 3.64. The zero-order valence-electron chi connectivity index (χ0n) is 7.53. The maximum Gasteiger partial charge on any atom is 0.339 e. The lowest BCUT2D eigenvalue weighted by atomic mass is 10.2. The van der Waals surface area contributed by atoms with Gasteiger partial charge in [0, 0.05) is 15.2 Å². The van der Waals surface area contributed by atoms with Crippen LogP contribution in [0.3, 0.4) is 0 Å². The summed E-state index contributed by atoms with van der Waals surface area (Å²) in [6.45, 7) is 0. The minimum atomic E-state index is -3.78. The molecule has 82 valence electrons. The van der Waals surface area contributed by atoms with Gasteiger partial charge in [0.1, 0.15) is 0 Å². The van der Waals surface area contributed by atoms with Gasteiger partial charge in [-0.1, -0.05) is 0 Å². The molecule has 0 N–H and O–H groups in total. The summed E-state index contributed by atoms with van der Waals surface area (Å²) in [7, 11) is 2.58. The Morgan fingerprint density at radius 1 is 1.47 bits per heavy atom. The van der Waals surface area contributed by atoms with Gasteiger partial charge in [0.05, 0.1) is 17.6 Å². The van der Waals surface area contributed by atoms with Crippen LogP contribution in [-0.4, -0.2) is 21.5 Å². The fourth-order valence-corrected chi connectivity index (χ4v) is 2.39. The minimum Gasteiger partial charge on any atom is -0.465 e. The molecule has 0 heterocycles. The quantitative estimate of drug-likeness (QED) is 0.620. The largest absolute Gasteiger partial charge is 0.465 e. The molecule has 0 aliphatic carbocycles. The van der Waals surface area contributed by atoms with Crippen LogP contribution in [0.25, 0.3) is 0 Å². The van der Waals surface area contributed by atoms with Crippen LogP contribution >= 0.6 is 26.6 Å². The molecule has 0 aliphatic rings. The summed E-state index contributed by atoms with van der Waals surface area (Å²) in [5.74, 6) is -0.555. The van der Waals surface area contributed by atoms with Crippen LogP contribution in [0.1, 0.15) is 10.4 Å². The SMILES string of the molecule is COC(=O)c1ccc(S(=O)(=O)Cl)cc1Br. The molecular formula is C8H6BrClO4S. The fourth-order valence-electron chi connectivity index (χ4n) is 0.923. The highest BCUT2D eigenvalue weighted by atomic mass is 79.9. The number of carbonyl (C=O) groups is 1. The Balaban J connectivity index is 3.27. The second kappa shape index (κ2) is 4.51. The third kappa shape index (κ3) is 2.93. The first kappa shape index (κ1) is 12.5. The maximum atomic E-state index is 11.2. The highest BCUT2D eigenvalue weighted by molar-refractivity contribution is 9.10. The monoisotopic (exact) mass is 312 g/mol. The Bertz CT molecular complexity index is 497. The Morgan fingerprint density at radius 2 is 2.07 bits per heavy atom. The van der Waals surface area contributed by atoms with Crippen molar-refractivity contribution in [1.29, 1.82) is 0 Å². The zero-order valence-corrected chi connectivity index (χ0v) is 10.7. The van der Waals surface area contributed by atoms with Crippen molar-refractivity contribution in [2.75, 3.05) is 7.11 Å². The van der Waals surface area contributed by atoms with E-state index in [4.69, 9.17) is 10.7 Å². The van der Waals surface area contributed by atoms with E-state index in [1.807, 2.05) is 0 Å².